The molecule has 0 aliphatic carbocycles. The van der Waals surface area contributed by atoms with E-state index in [9.17, 15) is 15.0 Å². The first-order valence-corrected chi connectivity index (χ1v) is 8.69. The number of benzene rings is 2. The van der Waals surface area contributed by atoms with Crippen molar-refractivity contribution >= 4 is 21.6 Å². The van der Waals surface area contributed by atoms with Gasteiger partial charge in [-0.1, -0.05) is 54.6 Å². The Morgan fingerprint density at radius 3 is 2.36 bits per heavy atom. The van der Waals surface area contributed by atoms with E-state index < -0.39 is 0 Å². The summed E-state index contributed by atoms with van der Waals surface area (Å²) in [5, 5.41) is 22.6. The molecule has 0 saturated heterocycles. The Kier molecular flexibility index (Phi) is 3.87. The van der Waals surface area contributed by atoms with Crippen LogP contribution in [0.4, 0.5) is 0 Å². The first kappa shape index (κ1) is 15.6. The lowest BCUT2D eigenvalue weighted by atomic mass is 10.00. The summed E-state index contributed by atoms with van der Waals surface area (Å²) in [5.41, 5.74) is 3.25. The third-order valence-electron chi connectivity index (χ3n) is 4.23. The smallest absolute Gasteiger partial charge is 0.260 e. The van der Waals surface area contributed by atoms with Crippen LogP contribution in [-0.2, 0) is 6.61 Å². The van der Waals surface area contributed by atoms with Crippen molar-refractivity contribution in [2.24, 2.45) is 0 Å². The Balaban J connectivity index is 1.97. The molecule has 4 nitrogen and oxygen atoms in total. The fraction of sp³-hybridized carbons (Fsp3) is 0.0500. The number of hydrogen-bond acceptors (Lipinski definition) is 4. The monoisotopic (exact) mass is 349 g/mol. The lowest BCUT2D eigenvalue weighted by molar-refractivity contribution is 0.282. The minimum absolute atomic E-state index is 0.00700. The van der Waals surface area contributed by atoms with E-state index in [0.29, 0.717) is 15.8 Å². The Morgan fingerprint density at radius 2 is 1.68 bits per heavy atom. The van der Waals surface area contributed by atoms with E-state index in [-0.39, 0.29) is 23.5 Å². The molecule has 2 heterocycles. The maximum Gasteiger partial charge on any atom is 0.260 e. The molecule has 0 saturated carbocycles. The summed E-state index contributed by atoms with van der Waals surface area (Å²) in [5.74, 6) is -0.00700. The highest BCUT2D eigenvalue weighted by Crippen LogP contribution is 2.41. The average molecular weight is 349 g/mol. The van der Waals surface area contributed by atoms with Crippen molar-refractivity contribution in [1.29, 1.82) is 0 Å². The number of nitrogens with one attached hydrogen (secondary N) is 1. The highest BCUT2D eigenvalue weighted by molar-refractivity contribution is 7.17. The molecule has 4 rings (SSSR count). The van der Waals surface area contributed by atoms with Crippen molar-refractivity contribution in [3.63, 3.8) is 0 Å². The normalized spacial score (nSPS) is 11.1. The second-order valence-corrected chi connectivity index (χ2v) is 6.63. The van der Waals surface area contributed by atoms with E-state index in [0.717, 1.165) is 16.7 Å². The summed E-state index contributed by atoms with van der Waals surface area (Å²) in [4.78, 5) is 16.0. The van der Waals surface area contributed by atoms with Crippen LogP contribution in [0.3, 0.4) is 0 Å². The minimum atomic E-state index is -0.305. The van der Waals surface area contributed by atoms with Gasteiger partial charge in [0.2, 0.25) is 0 Å². The molecule has 25 heavy (non-hydrogen) atoms. The third kappa shape index (κ3) is 2.63. The zero-order valence-electron chi connectivity index (χ0n) is 13.2. The van der Waals surface area contributed by atoms with Gasteiger partial charge in [0.15, 0.2) is 0 Å². The van der Waals surface area contributed by atoms with Gasteiger partial charge in [-0.2, -0.15) is 0 Å². The Morgan fingerprint density at radius 1 is 0.960 bits per heavy atom. The number of hydrogen-bond donors (Lipinski definition) is 3. The second kappa shape index (κ2) is 6.20. The molecule has 2 aromatic heterocycles. The number of aliphatic hydroxyl groups excluding tert-OH is 1. The van der Waals surface area contributed by atoms with Gasteiger partial charge in [0.05, 0.1) is 17.6 Å². The maximum absolute atomic E-state index is 12.4. The predicted octanol–water partition coefficient (Wildman–Crippen LogP) is 4.12. The minimum Gasteiger partial charge on any atom is -0.506 e. The predicted molar refractivity (Wildman–Crippen MR) is 101 cm³/mol. The number of fused-ring (bicyclic) bond motifs is 1. The molecule has 124 valence electrons. The van der Waals surface area contributed by atoms with Crippen molar-refractivity contribution in [3.8, 4) is 28.0 Å². The molecule has 3 N–H and O–H groups in total. The van der Waals surface area contributed by atoms with Gasteiger partial charge in [0.1, 0.15) is 10.6 Å². The van der Waals surface area contributed by atoms with Gasteiger partial charge in [0, 0.05) is 10.9 Å². The summed E-state index contributed by atoms with van der Waals surface area (Å²) in [6.45, 7) is -0.0125. The first-order valence-electron chi connectivity index (χ1n) is 7.81. The molecule has 4 aromatic rings. The van der Waals surface area contributed by atoms with E-state index in [1.54, 1.807) is 12.1 Å². The molecular weight excluding hydrogens is 334 g/mol. The maximum atomic E-state index is 12.4. The topological polar surface area (TPSA) is 73.3 Å². The molecule has 2 aromatic carbocycles. The zero-order valence-corrected chi connectivity index (χ0v) is 14.0. The van der Waals surface area contributed by atoms with Gasteiger partial charge in [-0.15, -0.1) is 11.3 Å². The van der Waals surface area contributed by atoms with E-state index in [4.69, 9.17) is 0 Å². The van der Waals surface area contributed by atoms with Crippen molar-refractivity contribution in [2.45, 2.75) is 6.61 Å². The van der Waals surface area contributed by atoms with Gasteiger partial charge >= 0.3 is 0 Å². The zero-order chi connectivity index (χ0) is 17.4. The van der Waals surface area contributed by atoms with Crippen LogP contribution in [0.2, 0.25) is 0 Å². The van der Waals surface area contributed by atoms with Crippen molar-refractivity contribution in [3.05, 3.63) is 75.9 Å². The highest BCUT2D eigenvalue weighted by Gasteiger charge is 2.18. The molecule has 0 radical (unpaired) electrons. The molecule has 0 amide bonds. The van der Waals surface area contributed by atoms with E-state index >= 15 is 0 Å². The number of H-pyrrole nitrogens is 1. The summed E-state index contributed by atoms with van der Waals surface area (Å²) >= 11 is 1.39. The largest absolute Gasteiger partial charge is 0.506 e. The Bertz CT molecular complexity index is 1100. The SMILES string of the molecule is O=c1[nH]c2scc(-c3ccc(CO)cc3)c2c(O)c1-c1ccccc1. The molecule has 0 aliphatic rings. The van der Waals surface area contributed by atoms with Crippen LogP contribution in [0, 0.1) is 0 Å². The number of aromatic nitrogens is 1. The molecule has 0 unspecified atom stereocenters. The van der Waals surface area contributed by atoms with E-state index in [1.165, 1.54) is 11.3 Å². The molecule has 0 atom stereocenters. The Labute approximate surface area is 147 Å². The van der Waals surface area contributed by atoms with Crippen LogP contribution >= 0.6 is 11.3 Å². The lowest BCUT2D eigenvalue weighted by Gasteiger charge is -2.08. The average Bonchev–Trinajstić information content (AvgIpc) is 3.06. The van der Waals surface area contributed by atoms with Gasteiger partial charge in [0.25, 0.3) is 5.56 Å². The van der Waals surface area contributed by atoms with Crippen LogP contribution in [0.1, 0.15) is 5.56 Å². The van der Waals surface area contributed by atoms with Crippen LogP contribution in [0.15, 0.2) is 64.8 Å². The second-order valence-electron chi connectivity index (χ2n) is 5.75. The van der Waals surface area contributed by atoms with E-state index in [2.05, 4.69) is 4.98 Å². The van der Waals surface area contributed by atoms with Crippen LogP contribution in [-0.4, -0.2) is 15.2 Å². The van der Waals surface area contributed by atoms with Crippen LogP contribution < -0.4 is 5.56 Å². The van der Waals surface area contributed by atoms with Crippen LogP contribution in [0.25, 0.3) is 32.5 Å². The van der Waals surface area contributed by atoms with Gasteiger partial charge in [-0.25, -0.2) is 0 Å². The molecule has 5 heteroatoms. The summed E-state index contributed by atoms with van der Waals surface area (Å²) in [6.07, 6.45) is 0. The van der Waals surface area contributed by atoms with Crippen molar-refractivity contribution in [1.82, 2.24) is 4.98 Å². The molecule has 0 aliphatic heterocycles. The molecule has 0 bridgehead atoms. The van der Waals surface area contributed by atoms with Gasteiger partial charge in [-0.3, -0.25) is 4.79 Å². The van der Waals surface area contributed by atoms with Gasteiger partial charge < -0.3 is 15.2 Å². The lowest BCUT2D eigenvalue weighted by Crippen LogP contribution is -2.08. The fourth-order valence-corrected chi connectivity index (χ4v) is 3.92. The summed E-state index contributed by atoms with van der Waals surface area (Å²) in [7, 11) is 0. The number of rotatable bonds is 3. The number of aromatic hydroxyl groups is 1. The summed E-state index contributed by atoms with van der Waals surface area (Å²) in [6, 6.07) is 16.6. The molecule has 0 spiro atoms. The van der Waals surface area contributed by atoms with Crippen LogP contribution in [0.5, 0.6) is 5.75 Å². The standard InChI is InChI=1S/C20H15NO3S/c22-10-12-6-8-13(9-7-12)15-11-25-20-17(15)18(23)16(19(24)21-20)14-4-2-1-3-5-14/h1-9,11,22H,10H2,(H2,21,23,24). The first-order chi connectivity index (χ1) is 12.2. The number of aromatic amines is 1. The summed E-state index contributed by atoms with van der Waals surface area (Å²) < 4.78 is 0. The number of thiophene rings is 1. The Hall–Kier alpha value is -2.89. The number of pyridine rings is 1. The molecular formula is C20H15NO3S. The highest BCUT2D eigenvalue weighted by atomic mass is 32.1. The van der Waals surface area contributed by atoms with Crippen molar-refractivity contribution in [2.75, 3.05) is 0 Å². The molecule has 0 fully saturated rings. The quantitative estimate of drug-likeness (QED) is 0.521. The van der Waals surface area contributed by atoms with Gasteiger partial charge in [-0.05, 0) is 16.7 Å². The van der Waals surface area contributed by atoms with E-state index in [1.807, 2.05) is 47.8 Å². The number of aliphatic hydroxyl groups is 1. The van der Waals surface area contributed by atoms with Crippen molar-refractivity contribution < 1.29 is 10.2 Å². The fourth-order valence-electron chi connectivity index (χ4n) is 2.96. The third-order valence-corrected chi connectivity index (χ3v) is 5.12.